The van der Waals surface area contributed by atoms with Crippen LogP contribution in [0.15, 0.2) is 28.6 Å². The van der Waals surface area contributed by atoms with Crippen molar-refractivity contribution in [1.82, 2.24) is 15.6 Å². The zero-order chi connectivity index (χ0) is 18.8. The van der Waals surface area contributed by atoms with E-state index in [-0.39, 0.29) is 24.0 Å². The van der Waals surface area contributed by atoms with Gasteiger partial charge >= 0.3 is 0 Å². The first kappa shape index (κ1) is 23.7. The highest BCUT2D eigenvalue weighted by atomic mass is 127. The first-order chi connectivity index (χ1) is 12.7. The van der Waals surface area contributed by atoms with Crippen LogP contribution in [-0.2, 0) is 19.3 Å². The first-order valence-corrected chi connectivity index (χ1v) is 10.1. The van der Waals surface area contributed by atoms with Crippen LogP contribution in [0.4, 0.5) is 0 Å². The van der Waals surface area contributed by atoms with E-state index in [0.29, 0.717) is 0 Å². The molecule has 0 aliphatic carbocycles. The molecular formula is C20H31IN4OS. The molecule has 2 rings (SSSR count). The molecule has 0 fully saturated rings. The van der Waals surface area contributed by atoms with Gasteiger partial charge in [0.1, 0.15) is 5.75 Å². The Labute approximate surface area is 184 Å². The van der Waals surface area contributed by atoms with Gasteiger partial charge in [-0.1, -0.05) is 19.1 Å². The number of hydrogen-bond donors (Lipinski definition) is 2. The Morgan fingerprint density at radius 2 is 2.04 bits per heavy atom. The van der Waals surface area contributed by atoms with Crippen LogP contribution in [0.3, 0.4) is 0 Å². The number of rotatable bonds is 9. The second kappa shape index (κ2) is 12.9. The lowest BCUT2D eigenvalue weighted by Gasteiger charge is -2.12. The van der Waals surface area contributed by atoms with E-state index in [1.807, 2.05) is 0 Å². The molecule has 5 nitrogen and oxygen atoms in total. The summed E-state index contributed by atoms with van der Waals surface area (Å²) < 4.78 is 5.40. The SMILES string of the molecule is CCNC(=NCCc1csc(CC)n1)NCCc1ccc(C)c(OC)c1.I. The Morgan fingerprint density at radius 3 is 2.70 bits per heavy atom. The molecule has 1 aromatic carbocycles. The second-order valence-corrected chi connectivity index (χ2v) is 7.02. The maximum atomic E-state index is 5.40. The lowest BCUT2D eigenvalue weighted by Crippen LogP contribution is -2.38. The van der Waals surface area contributed by atoms with Crippen LogP contribution in [0.1, 0.15) is 35.7 Å². The van der Waals surface area contributed by atoms with Gasteiger partial charge in [0.05, 0.1) is 17.8 Å². The van der Waals surface area contributed by atoms with E-state index in [0.717, 1.165) is 61.9 Å². The molecule has 0 aliphatic rings. The molecule has 1 heterocycles. The average Bonchev–Trinajstić information content (AvgIpc) is 3.11. The number of thiazole rings is 1. The van der Waals surface area contributed by atoms with Crippen molar-refractivity contribution >= 4 is 41.3 Å². The fraction of sp³-hybridized carbons (Fsp3) is 0.500. The van der Waals surface area contributed by atoms with Gasteiger partial charge in [0.2, 0.25) is 0 Å². The van der Waals surface area contributed by atoms with Crippen molar-refractivity contribution in [1.29, 1.82) is 0 Å². The maximum Gasteiger partial charge on any atom is 0.191 e. The van der Waals surface area contributed by atoms with Crippen molar-refractivity contribution in [3.8, 4) is 5.75 Å². The number of halogens is 1. The summed E-state index contributed by atoms with van der Waals surface area (Å²) in [6.45, 7) is 8.69. The number of hydrogen-bond acceptors (Lipinski definition) is 4. The number of guanidine groups is 1. The molecule has 0 radical (unpaired) electrons. The van der Waals surface area contributed by atoms with Gasteiger partial charge in [-0.25, -0.2) is 4.98 Å². The Hall–Kier alpha value is -1.35. The molecule has 0 atom stereocenters. The van der Waals surface area contributed by atoms with Crippen molar-refractivity contribution in [2.75, 3.05) is 26.7 Å². The molecule has 2 aromatic rings. The molecule has 0 saturated carbocycles. The van der Waals surface area contributed by atoms with Crippen molar-refractivity contribution in [2.45, 2.75) is 40.0 Å². The second-order valence-electron chi connectivity index (χ2n) is 6.08. The predicted molar refractivity (Wildman–Crippen MR) is 126 cm³/mol. The highest BCUT2D eigenvalue weighted by Crippen LogP contribution is 2.19. The van der Waals surface area contributed by atoms with Crippen molar-refractivity contribution in [2.24, 2.45) is 4.99 Å². The number of nitrogens with one attached hydrogen (secondary N) is 2. The number of ether oxygens (including phenoxy) is 1. The van der Waals surface area contributed by atoms with Gasteiger partial charge in [-0.05, 0) is 43.9 Å². The van der Waals surface area contributed by atoms with E-state index in [9.17, 15) is 0 Å². The molecule has 2 N–H and O–H groups in total. The molecular weight excluding hydrogens is 471 g/mol. The summed E-state index contributed by atoms with van der Waals surface area (Å²) in [6.07, 6.45) is 2.80. The number of benzene rings is 1. The molecule has 150 valence electrons. The van der Waals surface area contributed by atoms with E-state index in [4.69, 9.17) is 4.74 Å². The Morgan fingerprint density at radius 1 is 1.22 bits per heavy atom. The highest BCUT2D eigenvalue weighted by molar-refractivity contribution is 14.0. The summed E-state index contributed by atoms with van der Waals surface area (Å²) >= 11 is 1.73. The fourth-order valence-electron chi connectivity index (χ4n) is 2.60. The average molecular weight is 502 g/mol. The number of aromatic nitrogens is 1. The molecule has 0 aliphatic heterocycles. The third kappa shape index (κ3) is 8.04. The summed E-state index contributed by atoms with van der Waals surface area (Å²) in [5.41, 5.74) is 3.55. The van der Waals surface area contributed by atoms with E-state index < -0.39 is 0 Å². The zero-order valence-corrected chi connectivity index (χ0v) is 19.8. The fourth-order valence-corrected chi connectivity index (χ4v) is 3.37. The first-order valence-electron chi connectivity index (χ1n) is 9.25. The van der Waals surface area contributed by atoms with Crippen LogP contribution in [0.2, 0.25) is 0 Å². The molecule has 1 aromatic heterocycles. The van der Waals surface area contributed by atoms with E-state index >= 15 is 0 Å². The summed E-state index contributed by atoms with van der Waals surface area (Å²) in [7, 11) is 1.71. The standard InChI is InChI=1S/C20H30N4OS.HI/c1-5-19-24-17(14-26-19)10-12-23-20(21-6-2)22-11-9-16-8-7-15(3)18(13-16)25-4;/h7-8,13-14H,5-6,9-12H2,1-4H3,(H2,21,22,23);1H. The minimum Gasteiger partial charge on any atom is -0.496 e. The minimum atomic E-state index is 0. The molecule has 0 saturated heterocycles. The van der Waals surface area contributed by atoms with Crippen LogP contribution in [-0.4, -0.2) is 37.7 Å². The Balaban J connectivity index is 0.00000364. The number of aliphatic imine (C=N–C) groups is 1. The maximum absolute atomic E-state index is 5.40. The van der Waals surface area contributed by atoms with Gasteiger partial charge in [-0.3, -0.25) is 4.99 Å². The van der Waals surface area contributed by atoms with Gasteiger partial charge in [0.15, 0.2) is 5.96 Å². The molecule has 7 heteroatoms. The van der Waals surface area contributed by atoms with Crippen LogP contribution < -0.4 is 15.4 Å². The largest absolute Gasteiger partial charge is 0.496 e. The van der Waals surface area contributed by atoms with Gasteiger partial charge in [0, 0.05) is 31.4 Å². The number of aryl methyl sites for hydroxylation is 2. The minimum absolute atomic E-state index is 0. The number of nitrogens with zero attached hydrogens (tertiary/aromatic N) is 2. The quantitative estimate of drug-likeness (QED) is 0.310. The van der Waals surface area contributed by atoms with Gasteiger partial charge in [0.25, 0.3) is 0 Å². The molecule has 0 bridgehead atoms. The van der Waals surface area contributed by atoms with E-state index in [1.165, 1.54) is 10.6 Å². The van der Waals surface area contributed by atoms with Gasteiger partial charge in [-0.2, -0.15) is 0 Å². The normalized spacial score (nSPS) is 11.0. The summed E-state index contributed by atoms with van der Waals surface area (Å²) in [4.78, 5) is 9.25. The van der Waals surface area contributed by atoms with Crippen molar-refractivity contribution in [3.63, 3.8) is 0 Å². The highest BCUT2D eigenvalue weighted by Gasteiger charge is 2.03. The lowest BCUT2D eigenvalue weighted by atomic mass is 10.1. The Kier molecular flexibility index (Phi) is 11.3. The topological polar surface area (TPSA) is 58.5 Å². The Bertz CT molecular complexity index is 718. The molecule has 0 spiro atoms. The third-order valence-corrected chi connectivity index (χ3v) is 5.10. The predicted octanol–water partition coefficient (Wildman–Crippen LogP) is 3.98. The number of methoxy groups -OCH3 is 1. The molecule has 27 heavy (non-hydrogen) atoms. The lowest BCUT2D eigenvalue weighted by molar-refractivity contribution is 0.411. The van der Waals surface area contributed by atoms with Gasteiger partial charge in [-0.15, -0.1) is 35.3 Å². The smallest absolute Gasteiger partial charge is 0.191 e. The summed E-state index contributed by atoms with van der Waals surface area (Å²) in [5.74, 6) is 1.80. The van der Waals surface area contributed by atoms with E-state index in [2.05, 4.69) is 65.0 Å². The molecule has 0 unspecified atom stereocenters. The molecule has 0 amide bonds. The van der Waals surface area contributed by atoms with Crippen molar-refractivity contribution < 1.29 is 4.74 Å². The van der Waals surface area contributed by atoms with Crippen molar-refractivity contribution in [3.05, 3.63) is 45.4 Å². The zero-order valence-electron chi connectivity index (χ0n) is 16.7. The van der Waals surface area contributed by atoms with Crippen LogP contribution >= 0.6 is 35.3 Å². The van der Waals surface area contributed by atoms with Crippen LogP contribution in [0.25, 0.3) is 0 Å². The monoisotopic (exact) mass is 502 g/mol. The van der Waals surface area contributed by atoms with Gasteiger partial charge < -0.3 is 15.4 Å². The summed E-state index contributed by atoms with van der Waals surface area (Å²) in [5, 5.41) is 10.0. The van der Waals surface area contributed by atoms with E-state index in [1.54, 1.807) is 18.4 Å². The van der Waals surface area contributed by atoms with Crippen LogP contribution in [0.5, 0.6) is 5.75 Å². The summed E-state index contributed by atoms with van der Waals surface area (Å²) in [6, 6.07) is 6.36. The van der Waals surface area contributed by atoms with Crippen LogP contribution in [0, 0.1) is 6.92 Å². The third-order valence-electron chi connectivity index (χ3n) is 4.06.